The number of amides is 3. The lowest BCUT2D eigenvalue weighted by Gasteiger charge is -2.30. The average Bonchev–Trinajstić information content (AvgIpc) is 3.03. The lowest BCUT2D eigenvalue weighted by molar-refractivity contribution is -0.154. The van der Waals surface area contributed by atoms with E-state index in [-0.39, 0.29) is 15.6 Å². The van der Waals surface area contributed by atoms with E-state index in [0.717, 1.165) is 20.1 Å². The molecule has 0 saturated carbocycles. The number of allylic oxidation sites excluding steroid dienone is 2. The van der Waals surface area contributed by atoms with Gasteiger partial charge in [-0.05, 0) is 50.1 Å². The molecule has 1 aliphatic carbocycles. The molecule has 9 heteroatoms. The summed E-state index contributed by atoms with van der Waals surface area (Å²) in [6.45, 7) is 1.43. The Morgan fingerprint density at radius 2 is 1.64 bits per heavy atom. The summed E-state index contributed by atoms with van der Waals surface area (Å²) in [5.74, 6) is -3.16. The minimum absolute atomic E-state index is 0.109. The van der Waals surface area contributed by atoms with E-state index >= 15 is 0 Å². The maximum atomic E-state index is 13.5. The standard InChI is InChI=1S/C24H19BrCl2N2O4/c1-13-2-8-17-18(10-13)24(33)29(23(17)32)28(12-21(30)14-3-6-16(25)7-4-14)22(31)15-5-9-19(26)20(27)11-15/h2-7,9,11,17-18H,8,10,12H2,1H3/t17-,18-/m0/s1. The van der Waals surface area contributed by atoms with Gasteiger partial charge in [-0.3, -0.25) is 19.2 Å². The van der Waals surface area contributed by atoms with E-state index in [2.05, 4.69) is 15.9 Å². The fraction of sp³-hybridized carbons (Fsp3) is 0.250. The predicted octanol–water partition coefficient (Wildman–Crippen LogP) is 5.34. The Morgan fingerprint density at radius 3 is 2.30 bits per heavy atom. The van der Waals surface area contributed by atoms with Crippen molar-refractivity contribution in [1.29, 1.82) is 0 Å². The van der Waals surface area contributed by atoms with Crippen molar-refractivity contribution < 1.29 is 19.2 Å². The largest absolute Gasteiger partial charge is 0.292 e. The molecule has 3 amide bonds. The Labute approximate surface area is 209 Å². The molecule has 2 aromatic rings. The van der Waals surface area contributed by atoms with Gasteiger partial charge in [-0.25, -0.2) is 5.01 Å². The normalized spacial score (nSPS) is 19.9. The van der Waals surface area contributed by atoms with Gasteiger partial charge in [0.05, 0.1) is 21.9 Å². The van der Waals surface area contributed by atoms with Gasteiger partial charge in [-0.1, -0.05) is 62.9 Å². The number of benzene rings is 2. The number of imide groups is 1. The molecule has 33 heavy (non-hydrogen) atoms. The third-order valence-corrected chi connectivity index (χ3v) is 7.17. The van der Waals surface area contributed by atoms with Crippen LogP contribution >= 0.6 is 39.1 Å². The molecule has 4 rings (SSSR count). The van der Waals surface area contributed by atoms with Crippen molar-refractivity contribution in [3.05, 3.63) is 79.8 Å². The molecule has 2 atom stereocenters. The van der Waals surface area contributed by atoms with E-state index in [4.69, 9.17) is 23.2 Å². The van der Waals surface area contributed by atoms with Gasteiger partial charge in [0.25, 0.3) is 17.7 Å². The van der Waals surface area contributed by atoms with Crippen LogP contribution in [0.15, 0.2) is 58.6 Å². The average molecular weight is 550 g/mol. The fourth-order valence-corrected chi connectivity index (χ4v) is 4.69. The van der Waals surface area contributed by atoms with E-state index in [1.807, 2.05) is 13.0 Å². The quantitative estimate of drug-likeness (QED) is 0.287. The zero-order valence-corrected chi connectivity index (χ0v) is 20.7. The van der Waals surface area contributed by atoms with Gasteiger partial charge in [0.15, 0.2) is 5.78 Å². The van der Waals surface area contributed by atoms with Crippen molar-refractivity contribution in [2.24, 2.45) is 11.8 Å². The molecule has 0 aromatic heterocycles. The molecule has 1 heterocycles. The van der Waals surface area contributed by atoms with E-state index in [9.17, 15) is 19.2 Å². The molecular formula is C24H19BrCl2N2O4. The first-order chi connectivity index (χ1) is 15.7. The number of hydrazine groups is 1. The molecule has 170 valence electrons. The molecule has 2 aromatic carbocycles. The van der Waals surface area contributed by atoms with Crippen molar-refractivity contribution >= 4 is 62.6 Å². The van der Waals surface area contributed by atoms with Crippen molar-refractivity contribution in [2.45, 2.75) is 19.8 Å². The van der Waals surface area contributed by atoms with Gasteiger partial charge in [0.2, 0.25) is 0 Å². The summed E-state index contributed by atoms with van der Waals surface area (Å²) in [6.07, 6.45) is 2.81. The van der Waals surface area contributed by atoms with E-state index in [1.54, 1.807) is 24.3 Å². The van der Waals surface area contributed by atoms with Gasteiger partial charge >= 0.3 is 0 Å². The van der Waals surface area contributed by atoms with Crippen LogP contribution < -0.4 is 0 Å². The zero-order chi connectivity index (χ0) is 23.9. The Morgan fingerprint density at radius 1 is 1.00 bits per heavy atom. The number of carbonyl (C=O) groups is 4. The Balaban J connectivity index is 1.71. The first-order valence-electron chi connectivity index (χ1n) is 10.3. The lowest BCUT2D eigenvalue weighted by atomic mass is 9.82. The van der Waals surface area contributed by atoms with E-state index < -0.39 is 41.9 Å². The summed E-state index contributed by atoms with van der Waals surface area (Å²) in [5.41, 5.74) is 1.48. The van der Waals surface area contributed by atoms with Crippen LogP contribution in [0.25, 0.3) is 0 Å². The minimum atomic E-state index is -0.691. The van der Waals surface area contributed by atoms with Gasteiger partial charge < -0.3 is 0 Å². The SMILES string of the molecule is CC1=CC[C@@H]2C(=O)N(N(CC(=O)c3ccc(Br)cc3)C(=O)c3ccc(Cl)c(Cl)c3)C(=O)[C@H]2C1. The number of fused-ring (bicyclic) bond motifs is 1. The van der Waals surface area contributed by atoms with Crippen LogP contribution in [-0.4, -0.2) is 40.1 Å². The van der Waals surface area contributed by atoms with Crippen LogP contribution in [0.4, 0.5) is 0 Å². The first-order valence-corrected chi connectivity index (χ1v) is 11.8. The minimum Gasteiger partial charge on any atom is -0.292 e. The van der Waals surface area contributed by atoms with Crippen molar-refractivity contribution in [3.63, 3.8) is 0 Å². The second-order valence-electron chi connectivity index (χ2n) is 8.11. The topological polar surface area (TPSA) is 74.8 Å². The third kappa shape index (κ3) is 4.63. The van der Waals surface area contributed by atoms with Crippen molar-refractivity contribution in [1.82, 2.24) is 10.0 Å². The Kier molecular flexibility index (Phi) is 6.75. The highest BCUT2D eigenvalue weighted by atomic mass is 79.9. The number of hydrogen-bond acceptors (Lipinski definition) is 4. The van der Waals surface area contributed by atoms with Gasteiger partial charge in [0.1, 0.15) is 6.54 Å². The van der Waals surface area contributed by atoms with Crippen LogP contribution in [0.1, 0.15) is 40.5 Å². The smallest absolute Gasteiger partial charge is 0.273 e. The molecule has 1 saturated heterocycles. The van der Waals surface area contributed by atoms with Crippen molar-refractivity contribution in [3.8, 4) is 0 Å². The predicted molar refractivity (Wildman–Crippen MR) is 128 cm³/mol. The van der Waals surface area contributed by atoms with E-state index in [1.165, 1.54) is 18.2 Å². The van der Waals surface area contributed by atoms with Gasteiger partial charge in [-0.15, -0.1) is 0 Å². The number of carbonyl (C=O) groups excluding carboxylic acids is 4. The molecule has 0 spiro atoms. The summed E-state index contributed by atoms with van der Waals surface area (Å²) < 4.78 is 0.791. The Hall–Kier alpha value is -2.48. The summed E-state index contributed by atoms with van der Waals surface area (Å²) in [4.78, 5) is 53.0. The third-order valence-electron chi connectivity index (χ3n) is 5.90. The monoisotopic (exact) mass is 548 g/mol. The summed E-state index contributed by atoms with van der Waals surface area (Å²) in [7, 11) is 0. The lowest BCUT2D eigenvalue weighted by Crippen LogP contribution is -2.52. The number of nitrogens with zero attached hydrogens (tertiary/aromatic N) is 2. The van der Waals surface area contributed by atoms with Gasteiger partial charge in [-0.2, -0.15) is 5.01 Å². The second-order valence-corrected chi connectivity index (χ2v) is 9.84. The maximum Gasteiger partial charge on any atom is 0.273 e. The molecule has 0 radical (unpaired) electrons. The molecule has 0 N–H and O–H groups in total. The first kappa shape index (κ1) is 23.7. The van der Waals surface area contributed by atoms with Crippen LogP contribution in [0.3, 0.4) is 0 Å². The second kappa shape index (κ2) is 9.41. The summed E-state index contributed by atoms with van der Waals surface area (Å²) in [6, 6.07) is 10.9. The Bertz CT molecular complexity index is 1200. The number of rotatable bonds is 5. The number of hydrogen-bond donors (Lipinski definition) is 0. The number of ketones is 1. The highest BCUT2D eigenvalue weighted by Gasteiger charge is 2.51. The van der Waals surface area contributed by atoms with Crippen LogP contribution in [0, 0.1) is 11.8 Å². The maximum absolute atomic E-state index is 13.5. The van der Waals surface area contributed by atoms with E-state index in [0.29, 0.717) is 18.4 Å². The molecule has 1 fully saturated rings. The molecular weight excluding hydrogens is 531 g/mol. The van der Waals surface area contributed by atoms with Crippen LogP contribution in [0.5, 0.6) is 0 Å². The summed E-state index contributed by atoms with van der Waals surface area (Å²) >= 11 is 15.4. The molecule has 0 bridgehead atoms. The van der Waals surface area contributed by atoms with Crippen molar-refractivity contribution in [2.75, 3.05) is 6.54 Å². The molecule has 0 unspecified atom stereocenters. The summed E-state index contributed by atoms with van der Waals surface area (Å²) in [5, 5.41) is 2.19. The van der Waals surface area contributed by atoms with Gasteiger partial charge in [0, 0.05) is 15.6 Å². The van der Waals surface area contributed by atoms with Crippen LogP contribution in [-0.2, 0) is 9.59 Å². The number of halogens is 3. The van der Waals surface area contributed by atoms with Crippen LogP contribution in [0.2, 0.25) is 10.0 Å². The highest BCUT2D eigenvalue weighted by molar-refractivity contribution is 9.10. The molecule has 1 aliphatic heterocycles. The fourth-order valence-electron chi connectivity index (χ4n) is 4.13. The molecule has 6 nitrogen and oxygen atoms in total. The zero-order valence-electron chi connectivity index (χ0n) is 17.6. The molecule has 2 aliphatic rings. The highest BCUT2D eigenvalue weighted by Crippen LogP contribution is 2.38. The number of Topliss-reactive ketones (excluding diaryl/α,β-unsaturated/α-hetero) is 1.